The Morgan fingerprint density at radius 2 is 2.10 bits per heavy atom. The van der Waals surface area contributed by atoms with Gasteiger partial charge < -0.3 is 19.7 Å². The normalized spacial score (nSPS) is 18.6. The van der Waals surface area contributed by atoms with Crippen molar-refractivity contribution < 1.29 is 18.7 Å². The number of nitrogens with zero attached hydrogens (tertiary/aromatic N) is 4. The molecule has 0 spiro atoms. The zero-order valence-corrected chi connectivity index (χ0v) is 15.9. The minimum atomic E-state index is -0.519. The smallest absolute Gasteiger partial charge is 0.261 e. The number of hydrogen-bond acceptors (Lipinski definition) is 6. The van der Waals surface area contributed by atoms with E-state index in [1.807, 2.05) is 19.1 Å². The maximum absolute atomic E-state index is 13.4. The second-order valence-corrected chi connectivity index (χ2v) is 7.26. The van der Waals surface area contributed by atoms with E-state index >= 15 is 0 Å². The molecule has 1 amide bonds. The second kappa shape index (κ2) is 7.00. The van der Waals surface area contributed by atoms with Crippen LogP contribution in [0.5, 0.6) is 5.75 Å². The molecular formula is C20H20FN5O3. The van der Waals surface area contributed by atoms with Gasteiger partial charge in [-0.1, -0.05) is 0 Å². The average Bonchev–Trinajstić information content (AvgIpc) is 3.29. The van der Waals surface area contributed by atoms with E-state index < -0.39 is 5.82 Å². The molecule has 29 heavy (non-hydrogen) atoms. The van der Waals surface area contributed by atoms with E-state index in [1.165, 1.54) is 16.9 Å². The maximum atomic E-state index is 13.4. The first-order chi connectivity index (χ1) is 14.1. The zero-order chi connectivity index (χ0) is 20.0. The molecule has 0 aliphatic carbocycles. The van der Waals surface area contributed by atoms with E-state index in [2.05, 4.69) is 20.3 Å². The van der Waals surface area contributed by atoms with Gasteiger partial charge in [-0.2, -0.15) is 5.10 Å². The fourth-order valence-electron chi connectivity index (χ4n) is 3.82. The fraction of sp³-hybridized carbons (Fsp3) is 0.350. The van der Waals surface area contributed by atoms with Gasteiger partial charge in [0.1, 0.15) is 17.4 Å². The molecule has 5 rings (SSSR count). The Kier molecular flexibility index (Phi) is 4.31. The van der Waals surface area contributed by atoms with Crippen LogP contribution in [0.2, 0.25) is 0 Å². The standard InChI is InChI=1S/C20H20FN5O3/c1-12-6-13-7-16(17(8-18(13)29-12)25-2-4-28-5-3-25)24-20(27)15-10-23-26-11-14(21)9-22-19(15)26/h7-12H,2-6H2,1H3,(H,24,27). The van der Waals surface area contributed by atoms with Gasteiger partial charge in [-0.3, -0.25) is 4.79 Å². The second-order valence-electron chi connectivity index (χ2n) is 7.26. The maximum Gasteiger partial charge on any atom is 0.261 e. The highest BCUT2D eigenvalue weighted by Gasteiger charge is 2.25. The summed E-state index contributed by atoms with van der Waals surface area (Å²) in [5.41, 5.74) is 3.24. The van der Waals surface area contributed by atoms with Crippen molar-refractivity contribution in [3.63, 3.8) is 0 Å². The van der Waals surface area contributed by atoms with Crippen LogP contribution in [0.3, 0.4) is 0 Å². The number of ether oxygens (including phenoxy) is 2. The summed E-state index contributed by atoms with van der Waals surface area (Å²) in [6.07, 6.45) is 4.55. The summed E-state index contributed by atoms with van der Waals surface area (Å²) in [4.78, 5) is 19.2. The van der Waals surface area contributed by atoms with E-state index in [4.69, 9.17) is 9.47 Å². The number of morpholine rings is 1. The highest BCUT2D eigenvalue weighted by atomic mass is 19.1. The van der Waals surface area contributed by atoms with Gasteiger partial charge >= 0.3 is 0 Å². The van der Waals surface area contributed by atoms with Crippen LogP contribution in [-0.4, -0.2) is 52.9 Å². The van der Waals surface area contributed by atoms with Gasteiger partial charge in [0.2, 0.25) is 0 Å². The van der Waals surface area contributed by atoms with E-state index in [1.54, 1.807) is 0 Å². The van der Waals surface area contributed by atoms with Gasteiger partial charge in [0.25, 0.3) is 5.91 Å². The lowest BCUT2D eigenvalue weighted by atomic mass is 10.1. The molecule has 0 bridgehead atoms. The Labute approximate surface area is 166 Å². The van der Waals surface area contributed by atoms with Crippen molar-refractivity contribution in [3.05, 3.63) is 47.7 Å². The first kappa shape index (κ1) is 17.9. The number of benzene rings is 1. The Morgan fingerprint density at radius 3 is 2.93 bits per heavy atom. The number of carbonyl (C=O) groups is 1. The van der Waals surface area contributed by atoms with Gasteiger partial charge in [-0.15, -0.1) is 0 Å². The highest BCUT2D eigenvalue weighted by molar-refractivity contribution is 6.09. The minimum Gasteiger partial charge on any atom is -0.490 e. The molecule has 3 aromatic rings. The SMILES string of the molecule is CC1Cc2cc(NC(=O)c3cnn4cc(F)cnc34)c(N3CCOCC3)cc2O1. The number of nitrogens with one attached hydrogen (secondary N) is 1. The van der Waals surface area contributed by atoms with Crippen LogP contribution in [0.25, 0.3) is 5.65 Å². The summed E-state index contributed by atoms with van der Waals surface area (Å²) >= 11 is 0. The number of anilines is 2. The molecule has 1 unspecified atom stereocenters. The van der Waals surface area contributed by atoms with E-state index in [9.17, 15) is 9.18 Å². The topological polar surface area (TPSA) is 81.0 Å². The predicted octanol–water partition coefficient (Wildman–Crippen LogP) is 2.28. The lowest BCUT2D eigenvalue weighted by Crippen LogP contribution is -2.36. The monoisotopic (exact) mass is 397 g/mol. The molecule has 1 fully saturated rings. The molecule has 8 nitrogen and oxygen atoms in total. The highest BCUT2D eigenvalue weighted by Crippen LogP contribution is 2.39. The zero-order valence-electron chi connectivity index (χ0n) is 15.9. The Balaban J connectivity index is 1.50. The van der Waals surface area contributed by atoms with Gasteiger partial charge in [0, 0.05) is 31.1 Å². The number of fused-ring (bicyclic) bond motifs is 2. The van der Waals surface area contributed by atoms with Gasteiger partial charge in [0.05, 0.1) is 43.2 Å². The third kappa shape index (κ3) is 3.27. The summed E-state index contributed by atoms with van der Waals surface area (Å²) in [6.45, 7) is 4.75. The summed E-state index contributed by atoms with van der Waals surface area (Å²) in [5.74, 6) is -0.0134. The van der Waals surface area contributed by atoms with E-state index in [0.717, 1.165) is 42.7 Å². The summed E-state index contributed by atoms with van der Waals surface area (Å²) < 4.78 is 26.0. The van der Waals surface area contributed by atoms with Crippen molar-refractivity contribution in [2.75, 3.05) is 36.5 Å². The molecule has 1 N–H and O–H groups in total. The van der Waals surface area contributed by atoms with Crippen LogP contribution in [0.1, 0.15) is 22.8 Å². The fourth-order valence-corrected chi connectivity index (χ4v) is 3.82. The molecule has 0 saturated carbocycles. The molecule has 2 aliphatic rings. The van der Waals surface area contributed by atoms with Crippen molar-refractivity contribution >= 4 is 22.9 Å². The predicted molar refractivity (Wildman–Crippen MR) is 104 cm³/mol. The first-order valence-electron chi connectivity index (χ1n) is 9.55. The molecule has 1 aromatic carbocycles. The van der Waals surface area contributed by atoms with Crippen LogP contribution >= 0.6 is 0 Å². The molecule has 2 aromatic heterocycles. The average molecular weight is 397 g/mol. The largest absolute Gasteiger partial charge is 0.490 e. The third-order valence-corrected chi connectivity index (χ3v) is 5.18. The summed E-state index contributed by atoms with van der Waals surface area (Å²) in [5, 5.41) is 7.03. The van der Waals surface area contributed by atoms with Crippen LogP contribution < -0.4 is 15.0 Å². The van der Waals surface area contributed by atoms with Gasteiger partial charge in [0.15, 0.2) is 11.5 Å². The number of aromatic nitrogens is 3. The molecular weight excluding hydrogens is 377 g/mol. The van der Waals surface area contributed by atoms with Crippen molar-refractivity contribution in [1.82, 2.24) is 14.6 Å². The molecule has 9 heteroatoms. The van der Waals surface area contributed by atoms with Crippen LogP contribution in [0, 0.1) is 5.82 Å². The first-order valence-corrected chi connectivity index (χ1v) is 9.55. The van der Waals surface area contributed by atoms with Crippen LogP contribution in [0.4, 0.5) is 15.8 Å². The Morgan fingerprint density at radius 1 is 1.28 bits per heavy atom. The van der Waals surface area contributed by atoms with Gasteiger partial charge in [-0.05, 0) is 13.0 Å². The minimum absolute atomic E-state index is 0.104. The Bertz CT molecular complexity index is 1090. The molecule has 0 radical (unpaired) electrons. The van der Waals surface area contributed by atoms with Crippen LogP contribution in [0.15, 0.2) is 30.7 Å². The van der Waals surface area contributed by atoms with Gasteiger partial charge in [-0.25, -0.2) is 13.9 Å². The molecule has 1 saturated heterocycles. The van der Waals surface area contributed by atoms with E-state index in [0.29, 0.717) is 24.5 Å². The molecule has 150 valence electrons. The molecule has 4 heterocycles. The number of rotatable bonds is 3. The van der Waals surface area contributed by atoms with Crippen molar-refractivity contribution in [2.45, 2.75) is 19.4 Å². The summed E-state index contributed by atoms with van der Waals surface area (Å²) in [6, 6.07) is 3.96. The number of amides is 1. The van der Waals surface area contributed by atoms with Crippen molar-refractivity contribution in [3.8, 4) is 5.75 Å². The van der Waals surface area contributed by atoms with Crippen molar-refractivity contribution in [2.24, 2.45) is 0 Å². The third-order valence-electron chi connectivity index (χ3n) is 5.18. The number of hydrogen-bond donors (Lipinski definition) is 1. The quantitative estimate of drug-likeness (QED) is 0.730. The lowest BCUT2D eigenvalue weighted by molar-refractivity contribution is 0.102. The summed E-state index contributed by atoms with van der Waals surface area (Å²) in [7, 11) is 0. The number of halogens is 1. The number of carbonyl (C=O) groups excluding carboxylic acids is 1. The van der Waals surface area contributed by atoms with Crippen molar-refractivity contribution in [1.29, 1.82) is 0 Å². The van der Waals surface area contributed by atoms with E-state index in [-0.39, 0.29) is 17.6 Å². The lowest BCUT2D eigenvalue weighted by Gasteiger charge is -2.31. The Hall–Kier alpha value is -3.20. The molecule has 2 aliphatic heterocycles. The van der Waals surface area contributed by atoms with Crippen LogP contribution in [-0.2, 0) is 11.2 Å². The molecule has 1 atom stereocenters.